The quantitative estimate of drug-likeness (QED) is 0.396. The number of alkyl carbamates (subject to hydrolysis) is 1. The molecular formula is C27H41NO4. The van der Waals surface area contributed by atoms with E-state index < -0.39 is 23.0 Å². The van der Waals surface area contributed by atoms with Crippen LogP contribution in [-0.4, -0.2) is 36.2 Å². The zero-order chi connectivity index (χ0) is 23.7. The van der Waals surface area contributed by atoms with Crippen LogP contribution in [0.5, 0.6) is 0 Å². The van der Waals surface area contributed by atoms with Gasteiger partial charge in [-0.2, -0.15) is 0 Å². The summed E-state index contributed by atoms with van der Waals surface area (Å²) in [6.45, 7) is 12.3. The minimum absolute atomic E-state index is 0.376. The smallest absolute Gasteiger partial charge is 0.408 e. The average molecular weight is 444 g/mol. The van der Waals surface area contributed by atoms with Crippen molar-refractivity contribution in [3.63, 3.8) is 0 Å². The van der Waals surface area contributed by atoms with Gasteiger partial charge in [0.05, 0.1) is 18.8 Å². The minimum atomic E-state index is -0.657. The van der Waals surface area contributed by atoms with E-state index >= 15 is 0 Å². The van der Waals surface area contributed by atoms with Gasteiger partial charge >= 0.3 is 6.09 Å². The van der Waals surface area contributed by atoms with E-state index in [9.17, 15) is 4.79 Å². The van der Waals surface area contributed by atoms with E-state index in [4.69, 9.17) is 14.2 Å². The van der Waals surface area contributed by atoms with Crippen LogP contribution in [0, 0.1) is 11.8 Å². The Kier molecular flexibility index (Phi) is 9.61. The van der Waals surface area contributed by atoms with Crippen LogP contribution in [0.25, 0.3) is 0 Å². The summed E-state index contributed by atoms with van der Waals surface area (Å²) >= 11 is 0. The molecule has 5 nitrogen and oxygen atoms in total. The highest BCUT2D eigenvalue weighted by Crippen LogP contribution is 2.27. The Bertz CT molecular complexity index is 771. The second-order valence-electron chi connectivity index (χ2n) is 10.2. The Morgan fingerprint density at radius 2 is 1.75 bits per heavy atom. The van der Waals surface area contributed by atoms with Crippen molar-refractivity contribution in [2.75, 3.05) is 13.2 Å². The van der Waals surface area contributed by atoms with Crippen molar-refractivity contribution in [1.29, 1.82) is 0 Å². The normalized spacial score (nSPS) is 17.2. The molecule has 0 bridgehead atoms. The molecule has 0 saturated carbocycles. The van der Waals surface area contributed by atoms with Crippen LogP contribution in [0.1, 0.15) is 91.2 Å². The summed E-state index contributed by atoms with van der Waals surface area (Å²) in [5, 5.41) is 3.02. The third-order valence-corrected chi connectivity index (χ3v) is 5.39. The van der Waals surface area contributed by atoms with Crippen LogP contribution < -0.4 is 5.32 Å². The summed E-state index contributed by atoms with van der Waals surface area (Å²) in [7, 11) is 0. The van der Waals surface area contributed by atoms with Crippen LogP contribution in [-0.2, 0) is 20.6 Å². The molecule has 1 aromatic carbocycles. The lowest BCUT2D eigenvalue weighted by atomic mass is 9.91. The number of carbonyl (C=O) groups is 1. The first kappa shape index (κ1) is 26.2. The summed E-state index contributed by atoms with van der Waals surface area (Å²) in [6.07, 6.45) is 6.94. The molecule has 1 heterocycles. The molecule has 0 radical (unpaired) electrons. The third kappa shape index (κ3) is 9.63. The highest BCUT2D eigenvalue weighted by Gasteiger charge is 2.41. The van der Waals surface area contributed by atoms with Gasteiger partial charge in [0.2, 0.25) is 0 Å². The molecule has 1 saturated heterocycles. The maximum Gasteiger partial charge on any atom is 0.408 e. The largest absolute Gasteiger partial charge is 0.444 e. The molecule has 0 aliphatic carbocycles. The summed E-state index contributed by atoms with van der Waals surface area (Å²) in [5.41, 5.74) is 1.04. The van der Waals surface area contributed by atoms with E-state index in [2.05, 4.69) is 48.3 Å². The fraction of sp³-hybridized carbons (Fsp3) is 0.667. The first-order valence-corrected chi connectivity index (χ1v) is 11.9. The zero-order valence-corrected chi connectivity index (χ0v) is 20.8. The number of ether oxygens (including phenoxy) is 3. The lowest BCUT2D eigenvalue weighted by Gasteiger charge is -2.44. The number of rotatable bonds is 8. The SMILES string of the molecule is CCCCCCC#Cc1ccc(CCC2(NC(=O)OC(C)(C)C)COC(C)(C)OC2)cc1. The van der Waals surface area contributed by atoms with Crippen molar-refractivity contribution < 1.29 is 19.0 Å². The predicted octanol–water partition coefficient (Wildman–Crippen LogP) is 5.99. The molecule has 1 amide bonds. The number of carbonyl (C=O) groups excluding carboxylic acids is 1. The van der Waals surface area contributed by atoms with E-state index in [1.807, 2.05) is 34.6 Å². The van der Waals surface area contributed by atoms with E-state index in [-0.39, 0.29) is 0 Å². The Morgan fingerprint density at radius 1 is 1.09 bits per heavy atom. The number of hydrogen-bond acceptors (Lipinski definition) is 4. The molecule has 1 aliphatic rings. The predicted molar refractivity (Wildman–Crippen MR) is 128 cm³/mol. The van der Waals surface area contributed by atoms with Gasteiger partial charge in [0.1, 0.15) is 5.60 Å². The Balaban J connectivity index is 1.95. The monoisotopic (exact) mass is 443 g/mol. The van der Waals surface area contributed by atoms with Crippen molar-refractivity contribution in [1.82, 2.24) is 5.32 Å². The van der Waals surface area contributed by atoms with Crippen LogP contribution in [0.15, 0.2) is 24.3 Å². The summed E-state index contributed by atoms with van der Waals surface area (Å²) in [6, 6.07) is 8.35. The second-order valence-corrected chi connectivity index (χ2v) is 10.2. The van der Waals surface area contributed by atoms with E-state index in [0.29, 0.717) is 19.6 Å². The maximum atomic E-state index is 12.5. The molecule has 1 aromatic rings. The van der Waals surface area contributed by atoms with Crippen LogP contribution in [0.2, 0.25) is 0 Å². The topological polar surface area (TPSA) is 56.8 Å². The maximum absolute atomic E-state index is 12.5. The highest BCUT2D eigenvalue weighted by atomic mass is 16.7. The lowest BCUT2D eigenvalue weighted by Crippen LogP contribution is -2.61. The summed E-state index contributed by atoms with van der Waals surface area (Å²) in [5.74, 6) is 5.87. The molecule has 2 rings (SSSR count). The average Bonchev–Trinajstić information content (AvgIpc) is 2.71. The Hall–Kier alpha value is -2.03. The molecule has 0 unspecified atom stereocenters. The third-order valence-electron chi connectivity index (χ3n) is 5.39. The number of aryl methyl sites for hydroxylation is 1. The number of benzene rings is 1. The number of nitrogens with one attached hydrogen (secondary N) is 1. The molecule has 0 aromatic heterocycles. The van der Waals surface area contributed by atoms with Gasteiger partial charge in [-0.3, -0.25) is 0 Å². The van der Waals surface area contributed by atoms with Gasteiger partial charge < -0.3 is 19.5 Å². The number of unbranched alkanes of at least 4 members (excludes halogenated alkanes) is 4. The molecule has 178 valence electrons. The van der Waals surface area contributed by atoms with Gasteiger partial charge in [-0.1, -0.05) is 50.2 Å². The van der Waals surface area contributed by atoms with Gasteiger partial charge in [-0.25, -0.2) is 4.79 Å². The van der Waals surface area contributed by atoms with Crippen molar-refractivity contribution in [2.24, 2.45) is 0 Å². The summed E-state index contributed by atoms with van der Waals surface area (Å²) < 4.78 is 17.3. The van der Waals surface area contributed by atoms with Crippen molar-refractivity contribution in [3.05, 3.63) is 35.4 Å². The molecular weight excluding hydrogens is 402 g/mol. The van der Waals surface area contributed by atoms with Crippen molar-refractivity contribution in [3.8, 4) is 11.8 Å². The van der Waals surface area contributed by atoms with Gasteiger partial charge in [0.25, 0.3) is 0 Å². The van der Waals surface area contributed by atoms with Crippen molar-refractivity contribution in [2.45, 2.75) is 103 Å². The van der Waals surface area contributed by atoms with Gasteiger partial charge in [0, 0.05) is 12.0 Å². The van der Waals surface area contributed by atoms with E-state index in [0.717, 1.165) is 18.4 Å². The van der Waals surface area contributed by atoms with Crippen LogP contribution in [0.3, 0.4) is 0 Å². The lowest BCUT2D eigenvalue weighted by molar-refractivity contribution is -0.271. The highest BCUT2D eigenvalue weighted by molar-refractivity contribution is 5.69. The fourth-order valence-electron chi connectivity index (χ4n) is 3.45. The van der Waals surface area contributed by atoms with E-state index in [1.165, 1.54) is 31.2 Å². The van der Waals surface area contributed by atoms with Gasteiger partial charge in [0.15, 0.2) is 5.79 Å². The van der Waals surface area contributed by atoms with E-state index in [1.54, 1.807) is 0 Å². The fourth-order valence-corrected chi connectivity index (χ4v) is 3.45. The van der Waals surface area contributed by atoms with Gasteiger partial charge in [-0.05, 0) is 71.6 Å². The summed E-state index contributed by atoms with van der Waals surface area (Å²) in [4.78, 5) is 12.5. The molecule has 1 aliphatic heterocycles. The molecule has 5 heteroatoms. The number of amides is 1. The molecule has 1 fully saturated rings. The Morgan fingerprint density at radius 3 is 2.34 bits per heavy atom. The Labute approximate surface area is 194 Å². The standard InChI is InChI=1S/C27H41NO4/c1-7-8-9-10-11-12-13-22-14-16-23(17-15-22)18-19-27(20-30-26(5,6)31-21-27)28-24(29)32-25(2,3)4/h14-17H,7-11,18-21H2,1-6H3,(H,28,29). The van der Waals surface area contributed by atoms with Crippen molar-refractivity contribution >= 4 is 6.09 Å². The van der Waals surface area contributed by atoms with Crippen LogP contribution >= 0.6 is 0 Å². The van der Waals surface area contributed by atoms with Gasteiger partial charge in [-0.15, -0.1) is 0 Å². The molecule has 0 spiro atoms. The molecule has 1 N–H and O–H groups in total. The minimum Gasteiger partial charge on any atom is -0.444 e. The molecule has 0 atom stereocenters. The van der Waals surface area contributed by atoms with Crippen LogP contribution in [0.4, 0.5) is 4.79 Å². The molecule has 32 heavy (non-hydrogen) atoms. The number of hydrogen-bond donors (Lipinski definition) is 1. The zero-order valence-electron chi connectivity index (χ0n) is 20.8. The second kappa shape index (κ2) is 11.7. The first-order chi connectivity index (χ1) is 15.0. The first-order valence-electron chi connectivity index (χ1n) is 11.9.